The van der Waals surface area contributed by atoms with E-state index in [-0.39, 0.29) is 5.91 Å². The summed E-state index contributed by atoms with van der Waals surface area (Å²) < 4.78 is 5.89. The first kappa shape index (κ1) is 14.5. The van der Waals surface area contributed by atoms with Gasteiger partial charge in [-0.2, -0.15) is 0 Å². The minimum Gasteiger partial charge on any atom is -0.451 e. The van der Waals surface area contributed by atoms with Crippen molar-refractivity contribution in [1.29, 1.82) is 0 Å². The number of amides is 1. The third-order valence-corrected chi connectivity index (χ3v) is 5.12. The van der Waals surface area contributed by atoms with Crippen LogP contribution in [0, 0.1) is 0 Å². The van der Waals surface area contributed by atoms with E-state index in [1.165, 1.54) is 24.5 Å². The fourth-order valence-electron chi connectivity index (χ4n) is 2.97. The fraction of sp³-hybridized carbons (Fsp3) is 0.353. The van der Waals surface area contributed by atoms with E-state index in [1.54, 1.807) is 0 Å². The molecule has 0 radical (unpaired) electrons. The van der Waals surface area contributed by atoms with Crippen molar-refractivity contribution >= 4 is 39.7 Å². The second-order valence-corrected chi connectivity index (χ2v) is 6.65. The normalized spacial score (nSPS) is 15.4. The summed E-state index contributed by atoms with van der Waals surface area (Å²) in [5, 5.41) is 1.71. The van der Waals surface area contributed by atoms with Crippen LogP contribution in [0.4, 0.5) is 0 Å². The Balaban J connectivity index is 1.58. The number of thioether (sulfide) groups is 1. The quantitative estimate of drug-likeness (QED) is 0.544. The number of furan rings is 1. The van der Waals surface area contributed by atoms with E-state index in [2.05, 4.69) is 9.97 Å². The molecule has 1 amide bonds. The average molecular weight is 327 g/mol. The van der Waals surface area contributed by atoms with Gasteiger partial charge in [0.2, 0.25) is 5.91 Å². The largest absolute Gasteiger partial charge is 0.451 e. The molecule has 5 nitrogen and oxygen atoms in total. The molecule has 1 aliphatic heterocycles. The molecular formula is C17H17N3O2S. The van der Waals surface area contributed by atoms with Crippen molar-refractivity contribution in [2.24, 2.45) is 0 Å². The molecule has 1 fully saturated rings. The molecule has 23 heavy (non-hydrogen) atoms. The van der Waals surface area contributed by atoms with Gasteiger partial charge >= 0.3 is 0 Å². The Morgan fingerprint density at radius 2 is 2.00 bits per heavy atom. The van der Waals surface area contributed by atoms with Gasteiger partial charge < -0.3 is 9.32 Å². The molecule has 1 aromatic carbocycles. The maximum Gasteiger partial charge on any atom is 0.232 e. The van der Waals surface area contributed by atoms with E-state index < -0.39 is 0 Å². The van der Waals surface area contributed by atoms with Crippen LogP contribution in [0.2, 0.25) is 0 Å². The maximum atomic E-state index is 12.3. The van der Waals surface area contributed by atoms with Crippen LogP contribution in [-0.4, -0.2) is 39.6 Å². The lowest BCUT2D eigenvalue weighted by Gasteiger charge is -2.26. The first-order valence-corrected chi connectivity index (χ1v) is 8.84. The highest BCUT2D eigenvalue weighted by molar-refractivity contribution is 8.00. The third-order valence-electron chi connectivity index (χ3n) is 4.17. The van der Waals surface area contributed by atoms with Crippen molar-refractivity contribution < 1.29 is 9.21 Å². The lowest BCUT2D eigenvalue weighted by molar-refractivity contribution is -0.129. The van der Waals surface area contributed by atoms with Crippen LogP contribution in [0.25, 0.3) is 22.1 Å². The summed E-state index contributed by atoms with van der Waals surface area (Å²) in [6.45, 7) is 1.76. The Morgan fingerprint density at radius 3 is 2.87 bits per heavy atom. The zero-order valence-corrected chi connectivity index (χ0v) is 13.5. The molecule has 0 bridgehead atoms. The molecule has 0 atom stereocenters. The van der Waals surface area contributed by atoms with Crippen molar-refractivity contribution in [2.75, 3.05) is 18.8 Å². The number of hydrogen-bond donors (Lipinski definition) is 0. The van der Waals surface area contributed by atoms with Gasteiger partial charge in [0.25, 0.3) is 0 Å². The lowest BCUT2D eigenvalue weighted by Crippen LogP contribution is -2.36. The first-order valence-electron chi connectivity index (χ1n) is 7.86. The highest BCUT2D eigenvalue weighted by atomic mass is 32.2. The summed E-state index contributed by atoms with van der Waals surface area (Å²) in [6.07, 6.45) is 4.98. The number of hydrogen-bond acceptors (Lipinski definition) is 5. The number of carbonyl (C=O) groups excluding carboxylic acids is 1. The van der Waals surface area contributed by atoms with Crippen LogP contribution in [-0.2, 0) is 4.79 Å². The minimum atomic E-state index is 0.178. The maximum absolute atomic E-state index is 12.3. The monoisotopic (exact) mass is 327 g/mol. The number of aromatic nitrogens is 2. The van der Waals surface area contributed by atoms with Gasteiger partial charge in [-0.25, -0.2) is 9.97 Å². The molecule has 118 valence electrons. The van der Waals surface area contributed by atoms with Gasteiger partial charge in [0, 0.05) is 18.5 Å². The predicted molar refractivity (Wildman–Crippen MR) is 90.5 cm³/mol. The van der Waals surface area contributed by atoms with Crippen LogP contribution >= 0.6 is 11.8 Å². The number of piperidine rings is 1. The van der Waals surface area contributed by atoms with Gasteiger partial charge in [0.15, 0.2) is 5.58 Å². The molecule has 1 saturated heterocycles. The van der Waals surface area contributed by atoms with Crippen LogP contribution < -0.4 is 0 Å². The van der Waals surface area contributed by atoms with E-state index in [4.69, 9.17) is 4.42 Å². The third kappa shape index (κ3) is 2.79. The van der Waals surface area contributed by atoms with Gasteiger partial charge in [0.05, 0.1) is 5.75 Å². The Labute approximate surface area is 138 Å². The summed E-state index contributed by atoms with van der Waals surface area (Å²) >= 11 is 1.43. The van der Waals surface area contributed by atoms with Crippen molar-refractivity contribution in [1.82, 2.24) is 14.9 Å². The number of carbonyl (C=O) groups is 1. The van der Waals surface area contributed by atoms with Gasteiger partial charge in [-0.05, 0) is 31.4 Å². The van der Waals surface area contributed by atoms with Crippen LogP contribution in [0.1, 0.15) is 19.3 Å². The van der Waals surface area contributed by atoms with E-state index in [0.29, 0.717) is 11.3 Å². The topological polar surface area (TPSA) is 59.2 Å². The number of rotatable bonds is 3. The molecule has 2 aromatic heterocycles. The number of benzene rings is 1. The summed E-state index contributed by atoms with van der Waals surface area (Å²) in [6, 6.07) is 7.81. The lowest BCUT2D eigenvalue weighted by atomic mass is 10.1. The van der Waals surface area contributed by atoms with Crippen LogP contribution in [0.15, 0.2) is 40.0 Å². The van der Waals surface area contributed by atoms with E-state index in [9.17, 15) is 4.79 Å². The Hall–Kier alpha value is -2.08. The van der Waals surface area contributed by atoms with E-state index >= 15 is 0 Å². The molecule has 3 aromatic rings. The van der Waals surface area contributed by atoms with Gasteiger partial charge in [-0.1, -0.05) is 23.9 Å². The SMILES string of the molecule is O=C(CSc1ncnc2c1oc1ccccc12)N1CCCCC1. The van der Waals surface area contributed by atoms with Crippen LogP contribution in [0.5, 0.6) is 0 Å². The Morgan fingerprint density at radius 1 is 1.17 bits per heavy atom. The number of fused-ring (bicyclic) bond motifs is 3. The number of nitrogens with zero attached hydrogens (tertiary/aromatic N) is 3. The molecule has 0 aliphatic carbocycles. The van der Waals surface area contributed by atoms with Crippen molar-refractivity contribution in [3.63, 3.8) is 0 Å². The first-order chi connectivity index (χ1) is 11.3. The smallest absolute Gasteiger partial charge is 0.232 e. The predicted octanol–water partition coefficient (Wildman–Crippen LogP) is 3.48. The molecule has 6 heteroatoms. The van der Waals surface area contributed by atoms with Crippen LogP contribution in [0.3, 0.4) is 0 Å². The minimum absolute atomic E-state index is 0.178. The van der Waals surface area contributed by atoms with E-state index in [1.807, 2.05) is 29.2 Å². The second kappa shape index (κ2) is 6.20. The molecule has 0 spiro atoms. The number of likely N-dealkylation sites (tertiary alicyclic amines) is 1. The van der Waals surface area contributed by atoms with Crippen molar-refractivity contribution in [3.8, 4) is 0 Å². The molecule has 3 heterocycles. The summed E-state index contributed by atoms with van der Waals surface area (Å²) in [5.74, 6) is 0.570. The average Bonchev–Trinajstić information content (AvgIpc) is 3.00. The van der Waals surface area contributed by atoms with Gasteiger partial charge in [-0.15, -0.1) is 0 Å². The van der Waals surface area contributed by atoms with Gasteiger partial charge in [-0.3, -0.25) is 4.79 Å². The zero-order valence-electron chi connectivity index (χ0n) is 12.7. The molecule has 0 saturated carbocycles. The van der Waals surface area contributed by atoms with E-state index in [0.717, 1.165) is 47.4 Å². The highest BCUT2D eigenvalue weighted by Crippen LogP contribution is 2.32. The van der Waals surface area contributed by atoms with Gasteiger partial charge in [0.1, 0.15) is 22.5 Å². The summed E-state index contributed by atoms with van der Waals surface area (Å²) in [4.78, 5) is 22.9. The molecule has 0 unspecified atom stereocenters. The van der Waals surface area contributed by atoms with Crippen molar-refractivity contribution in [2.45, 2.75) is 24.3 Å². The highest BCUT2D eigenvalue weighted by Gasteiger charge is 2.19. The molecular weight excluding hydrogens is 310 g/mol. The standard InChI is InChI=1S/C17H17N3O2S/c21-14(20-8-4-1-5-9-20)10-23-17-16-15(18-11-19-17)12-6-2-3-7-13(12)22-16/h2-3,6-7,11H,1,4-5,8-10H2. The fourth-order valence-corrected chi connectivity index (χ4v) is 3.80. The Kier molecular flexibility index (Phi) is 3.91. The summed E-state index contributed by atoms with van der Waals surface area (Å²) in [7, 11) is 0. The zero-order chi connectivity index (χ0) is 15.6. The Bertz CT molecular complexity index is 855. The summed E-state index contributed by atoms with van der Waals surface area (Å²) in [5.41, 5.74) is 2.28. The number of para-hydroxylation sites is 1. The second-order valence-electron chi connectivity index (χ2n) is 5.68. The molecule has 1 aliphatic rings. The molecule has 0 N–H and O–H groups in total. The van der Waals surface area contributed by atoms with Crippen molar-refractivity contribution in [3.05, 3.63) is 30.6 Å². The molecule has 4 rings (SSSR count).